The van der Waals surface area contributed by atoms with Crippen LogP contribution in [0.3, 0.4) is 0 Å². The Bertz CT molecular complexity index is 243. The number of rotatable bonds is 0. The van der Waals surface area contributed by atoms with Gasteiger partial charge in [0.05, 0.1) is 0 Å². The summed E-state index contributed by atoms with van der Waals surface area (Å²) in [5, 5.41) is 0. The van der Waals surface area contributed by atoms with Gasteiger partial charge in [0.25, 0.3) is 0 Å². The van der Waals surface area contributed by atoms with Crippen molar-refractivity contribution in [1.29, 1.82) is 0 Å². The van der Waals surface area contributed by atoms with E-state index in [-0.39, 0.29) is 0 Å². The lowest BCUT2D eigenvalue weighted by atomic mass is 10.1. The molecular formula is C15H26. The molecule has 1 rings (SSSR count). The number of benzene rings is 1. The number of hydrogen-bond donors (Lipinski definition) is 0. The molecule has 0 bridgehead atoms. The van der Waals surface area contributed by atoms with Crippen LogP contribution in [0.25, 0.3) is 0 Å². The van der Waals surface area contributed by atoms with Gasteiger partial charge in [-0.05, 0) is 31.9 Å². The van der Waals surface area contributed by atoms with E-state index in [2.05, 4.69) is 51.8 Å². The normalized spacial score (nSPS) is 6.73. The number of terminal acetylenes is 1. The van der Waals surface area contributed by atoms with E-state index in [4.69, 9.17) is 0 Å². The van der Waals surface area contributed by atoms with Gasteiger partial charge < -0.3 is 0 Å². The molecule has 0 aliphatic carbocycles. The molecule has 0 radical (unpaired) electrons. The molecule has 0 aliphatic rings. The highest BCUT2D eigenvalue weighted by Gasteiger charge is 1.89. The van der Waals surface area contributed by atoms with E-state index in [1.54, 1.807) is 0 Å². The molecule has 0 saturated heterocycles. The first-order valence-corrected chi connectivity index (χ1v) is 5.57. The molecule has 0 fully saturated rings. The van der Waals surface area contributed by atoms with Gasteiger partial charge in [-0.1, -0.05) is 51.5 Å². The van der Waals surface area contributed by atoms with E-state index < -0.39 is 0 Å². The highest BCUT2D eigenvalue weighted by atomic mass is 13.9. The first-order valence-electron chi connectivity index (χ1n) is 5.57. The van der Waals surface area contributed by atoms with Crippen LogP contribution < -0.4 is 0 Å². The van der Waals surface area contributed by atoms with Gasteiger partial charge in [-0.2, -0.15) is 0 Å². The third-order valence-corrected chi connectivity index (χ3v) is 1.66. The van der Waals surface area contributed by atoms with E-state index in [1.807, 2.05) is 27.7 Å². The van der Waals surface area contributed by atoms with Gasteiger partial charge in [-0.3, -0.25) is 0 Å². The molecule has 0 N–H and O–H groups in total. The summed E-state index contributed by atoms with van der Waals surface area (Å²) < 4.78 is 0. The smallest absolute Gasteiger partial charge is 0.0395 e. The van der Waals surface area contributed by atoms with Crippen molar-refractivity contribution in [3.05, 3.63) is 34.9 Å². The Hall–Kier alpha value is -1.22. The van der Waals surface area contributed by atoms with Crippen LogP contribution in [0.2, 0.25) is 0 Å². The SMILES string of the molecule is C#C.CC.CC.Cc1ccc(C)c(C)c1. The lowest BCUT2D eigenvalue weighted by Gasteiger charge is -1.98. The lowest BCUT2D eigenvalue weighted by molar-refractivity contribution is 1.30. The van der Waals surface area contributed by atoms with Crippen LogP contribution in [0.1, 0.15) is 44.4 Å². The minimum absolute atomic E-state index is 1.35. The topological polar surface area (TPSA) is 0 Å². The molecule has 0 spiro atoms. The zero-order chi connectivity index (χ0) is 12.9. The minimum Gasteiger partial charge on any atom is -0.124 e. The van der Waals surface area contributed by atoms with Gasteiger partial charge in [-0.15, -0.1) is 12.8 Å². The zero-order valence-electron chi connectivity index (χ0n) is 11.4. The molecule has 0 amide bonds. The molecule has 0 heteroatoms. The summed E-state index contributed by atoms with van der Waals surface area (Å²) >= 11 is 0. The Kier molecular flexibility index (Phi) is 19.7. The van der Waals surface area contributed by atoms with Crippen molar-refractivity contribution in [2.75, 3.05) is 0 Å². The van der Waals surface area contributed by atoms with E-state index in [9.17, 15) is 0 Å². The van der Waals surface area contributed by atoms with E-state index in [0.29, 0.717) is 0 Å². The first kappa shape index (κ1) is 19.4. The van der Waals surface area contributed by atoms with Crippen molar-refractivity contribution in [3.63, 3.8) is 0 Å². The predicted molar refractivity (Wildman–Crippen MR) is 73.2 cm³/mol. The Morgan fingerprint density at radius 2 is 1.13 bits per heavy atom. The summed E-state index contributed by atoms with van der Waals surface area (Å²) in [4.78, 5) is 0. The Morgan fingerprint density at radius 3 is 1.40 bits per heavy atom. The summed E-state index contributed by atoms with van der Waals surface area (Å²) in [7, 11) is 0. The van der Waals surface area contributed by atoms with Crippen LogP contribution in [-0.4, -0.2) is 0 Å². The highest BCUT2D eigenvalue weighted by molar-refractivity contribution is 5.28. The van der Waals surface area contributed by atoms with Gasteiger partial charge >= 0.3 is 0 Å². The lowest BCUT2D eigenvalue weighted by Crippen LogP contribution is -1.79. The molecule has 0 aromatic heterocycles. The summed E-state index contributed by atoms with van der Waals surface area (Å²) in [6.45, 7) is 14.4. The van der Waals surface area contributed by atoms with Crippen LogP contribution in [-0.2, 0) is 0 Å². The molecule has 0 heterocycles. The average Bonchev–Trinajstić information content (AvgIpc) is 2.32. The van der Waals surface area contributed by atoms with E-state index in [1.165, 1.54) is 16.7 Å². The predicted octanol–water partition coefficient (Wildman–Crippen LogP) is 4.91. The molecule has 86 valence electrons. The second-order valence-corrected chi connectivity index (χ2v) is 2.59. The standard InChI is InChI=1S/C9H12.2C2H6.C2H2/c1-7-4-5-8(2)9(3)6-7;3*1-2/h4-6H,1-3H3;2*1-2H3;1-2H. The van der Waals surface area contributed by atoms with Crippen LogP contribution in [0.15, 0.2) is 18.2 Å². The fourth-order valence-electron chi connectivity index (χ4n) is 0.891. The quantitative estimate of drug-likeness (QED) is 0.529. The molecule has 0 aliphatic heterocycles. The largest absolute Gasteiger partial charge is 0.124 e. The first-order chi connectivity index (χ1) is 7.20. The van der Waals surface area contributed by atoms with E-state index >= 15 is 0 Å². The Labute approximate surface area is 96.7 Å². The molecular weight excluding hydrogens is 180 g/mol. The molecule has 0 nitrogen and oxygen atoms in total. The fourth-order valence-corrected chi connectivity index (χ4v) is 0.891. The van der Waals surface area contributed by atoms with Crippen molar-refractivity contribution < 1.29 is 0 Å². The maximum Gasteiger partial charge on any atom is -0.0395 e. The maximum atomic E-state index is 4.00. The van der Waals surface area contributed by atoms with Gasteiger partial charge in [-0.25, -0.2) is 0 Å². The molecule has 1 aromatic carbocycles. The fraction of sp³-hybridized carbons (Fsp3) is 0.467. The van der Waals surface area contributed by atoms with Gasteiger partial charge in [0, 0.05) is 0 Å². The molecule has 0 saturated carbocycles. The molecule has 1 aromatic rings. The van der Waals surface area contributed by atoms with Crippen molar-refractivity contribution in [1.82, 2.24) is 0 Å². The van der Waals surface area contributed by atoms with Gasteiger partial charge in [0.15, 0.2) is 0 Å². The summed E-state index contributed by atoms with van der Waals surface area (Å²) in [6, 6.07) is 6.50. The van der Waals surface area contributed by atoms with Gasteiger partial charge in [0.2, 0.25) is 0 Å². The van der Waals surface area contributed by atoms with Crippen molar-refractivity contribution in [3.8, 4) is 12.8 Å². The van der Waals surface area contributed by atoms with Crippen molar-refractivity contribution in [2.24, 2.45) is 0 Å². The maximum absolute atomic E-state index is 4.00. The van der Waals surface area contributed by atoms with Gasteiger partial charge in [0.1, 0.15) is 0 Å². The zero-order valence-corrected chi connectivity index (χ0v) is 11.4. The monoisotopic (exact) mass is 206 g/mol. The van der Waals surface area contributed by atoms with Crippen LogP contribution in [0.5, 0.6) is 0 Å². The summed E-state index contributed by atoms with van der Waals surface area (Å²) in [6.07, 6.45) is 8.00. The molecule has 15 heavy (non-hydrogen) atoms. The second kappa shape index (κ2) is 15.3. The Morgan fingerprint density at radius 1 is 0.733 bits per heavy atom. The molecule has 0 unspecified atom stereocenters. The van der Waals surface area contributed by atoms with Crippen molar-refractivity contribution >= 4 is 0 Å². The second-order valence-electron chi connectivity index (χ2n) is 2.59. The third-order valence-electron chi connectivity index (χ3n) is 1.66. The van der Waals surface area contributed by atoms with Crippen LogP contribution in [0.4, 0.5) is 0 Å². The van der Waals surface area contributed by atoms with Crippen LogP contribution in [0, 0.1) is 33.6 Å². The number of aryl methyl sites for hydroxylation is 3. The summed E-state index contributed by atoms with van der Waals surface area (Å²) in [5.74, 6) is 0. The molecule has 0 atom stereocenters. The van der Waals surface area contributed by atoms with E-state index in [0.717, 1.165) is 0 Å². The highest BCUT2D eigenvalue weighted by Crippen LogP contribution is 2.07. The Balaban J connectivity index is -0.000000208. The average molecular weight is 206 g/mol. The van der Waals surface area contributed by atoms with Crippen molar-refractivity contribution in [2.45, 2.75) is 48.5 Å². The number of hydrogen-bond acceptors (Lipinski definition) is 0. The minimum atomic E-state index is 1.35. The van der Waals surface area contributed by atoms with Crippen LogP contribution >= 0.6 is 0 Å². The third kappa shape index (κ3) is 10.7. The summed E-state index contributed by atoms with van der Waals surface area (Å²) in [5.41, 5.74) is 4.11.